The molecule has 0 amide bonds. The van der Waals surface area contributed by atoms with E-state index in [1.54, 1.807) is 6.20 Å². The number of benzene rings is 1. The highest BCUT2D eigenvalue weighted by Gasteiger charge is 2.10. The van der Waals surface area contributed by atoms with Crippen molar-refractivity contribution in [2.75, 3.05) is 5.32 Å². The maximum absolute atomic E-state index is 5.83. The van der Waals surface area contributed by atoms with Gasteiger partial charge in [-0.1, -0.05) is 30.4 Å². The number of hydrogen-bond donors (Lipinski definition) is 2. The molecule has 0 fully saturated rings. The zero-order chi connectivity index (χ0) is 14.8. The number of anilines is 2. The molecule has 5 heteroatoms. The van der Waals surface area contributed by atoms with Crippen molar-refractivity contribution in [3.63, 3.8) is 0 Å². The molecule has 0 radical (unpaired) electrons. The Morgan fingerprint density at radius 2 is 2.00 bits per heavy atom. The minimum Gasteiger partial charge on any atom is -0.389 e. The third kappa shape index (κ3) is 2.68. The van der Waals surface area contributed by atoms with Gasteiger partial charge >= 0.3 is 0 Å². The molecule has 3 aromatic rings. The van der Waals surface area contributed by atoms with Crippen LogP contribution in [0.2, 0.25) is 0 Å². The molecule has 0 atom stereocenters. The zero-order valence-corrected chi connectivity index (χ0v) is 12.3. The molecule has 0 aliphatic rings. The lowest BCUT2D eigenvalue weighted by Crippen LogP contribution is -2.13. The van der Waals surface area contributed by atoms with Crippen LogP contribution in [-0.2, 0) is 0 Å². The van der Waals surface area contributed by atoms with Crippen molar-refractivity contribution in [1.29, 1.82) is 0 Å². The average molecular weight is 294 g/mol. The van der Waals surface area contributed by atoms with Gasteiger partial charge in [0, 0.05) is 11.6 Å². The summed E-state index contributed by atoms with van der Waals surface area (Å²) in [5, 5.41) is 4.28. The van der Waals surface area contributed by atoms with Gasteiger partial charge in [0.2, 0.25) is 0 Å². The number of nitrogens with two attached hydrogens (primary N) is 1. The molecule has 0 saturated carbocycles. The first-order chi connectivity index (χ1) is 10.1. The third-order valence-electron chi connectivity index (χ3n) is 3.25. The van der Waals surface area contributed by atoms with Gasteiger partial charge in [-0.3, -0.25) is 4.98 Å². The van der Waals surface area contributed by atoms with Crippen molar-refractivity contribution in [1.82, 2.24) is 9.97 Å². The third-order valence-corrected chi connectivity index (χ3v) is 3.47. The lowest BCUT2D eigenvalue weighted by atomic mass is 10.1. The molecule has 0 bridgehead atoms. The van der Waals surface area contributed by atoms with E-state index in [-0.39, 0.29) is 0 Å². The number of aromatic nitrogens is 2. The molecule has 4 nitrogen and oxygen atoms in total. The van der Waals surface area contributed by atoms with Crippen molar-refractivity contribution in [2.24, 2.45) is 5.73 Å². The maximum Gasteiger partial charge on any atom is 0.141 e. The first kappa shape index (κ1) is 13.5. The van der Waals surface area contributed by atoms with E-state index in [0.717, 1.165) is 27.8 Å². The summed E-state index contributed by atoms with van der Waals surface area (Å²) in [6, 6.07) is 13.6. The van der Waals surface area contributed by atoms with E-state index >= 15 is 0 Å². The Morgan fingerprint density at radius 3 is 2.76 bits per heavy atom. The molecule has 0 spiro atoms. The number of nitrogens with zero attached hydrogens (tertiary/aromatic N) is 2. The van der Waals surface area contributed by atoms with E-state index in [0.29, 0.717) is 10.8 Å². The van der Waals surface area contributed by atoms with Gasteiger partial charge in [0.25, 0.3) is 0 Å². The summed E-state index contributed by atoms with van der Waals surface area (Å²) in [4.78, 5) is 9.20. The molecular weight excluding hydrogens is 280 g/mol. The molecule has 21 heavy (non-hydrogen) atoms. The maximum atomic E-state index is 5.83. The van der Waals surface area contributed by atoms with Gasteiger partial charge in [0.15, 0.2) is 0 Å². The topological polar surface area (TPSA) is 63.8 Å². The molecule has 1 aromatic carbocycles. The van der Waals surface area contributed by atoms with Gasteiger partial charge in [-0.2, -0.15) is 0 Å². The second-order valence-electron chi connectivity index (χ2n) is 4.70. The summed E-state index contributed by atoms with van der Waals surface area (Å²) in [6.45, 7) is 1.93. The van der Waals surface area contributed by atoms with Crippen LogP contribution in [0.1, 0.15) is 11.3 Å². The normalized spacial score (nSPS) is 10.5. The molecule has 2 heterocycles. The SMILES string of the molecule is Cc1ncccc1Nc1nc2ccccc2cc1C(N)=S. The predicted molar refractivity (Wildman–Crippen MR) is 89.9 cm³/mol. The van der Waals surface area contributed by atoms with Crippen molar-refractivity contribution in [2.45, 2.75) is 6.92 Å². The van der Waals surface area contributed by atoms with Crippen molar-refractivity contribution < 1.29 is 0 Å². The van der Waals surface area contributed by atoms with Crippen molar-refractivity contribution in [3.8, 4) is 0 Å². The highest BCUT2D eigenvalue weighted by atomic mass is 32.1. The molecule has 0 unspecified atom stereocenters. The summed E-state index contributed by atoms with van der Waals surface area (Å²) < 4.78 is 0. The fourth-order valence-corrected chi connectivity index (χ4v) is 2.30. The Bertz CT molecular complexity index is 829. The Labute approximate surface area is 128 Å². The fourth-order valence-electron chi connectivity index (χ4n) is 2.14. The number of rotatable bonds is 3. The van der Waals surface area contributed by atoms with Crippen LogP contribution in [0.3, 0.4) is 0 Å². The molecular formula is C16H14N4S. The quantitative estimate of drug-likeness (QED) is 0.726. The van der Waals surface area contributed by atoms with Crippen LogP contribution >= 0.6 is 12.2 Å². The van der Waals surface area contributed by atoms with Crippen LogP contribution in [0.25, 0.3) is 10.9 Å². The van der Waals surface area contributed by atoms with Crippen LogP contribution in [0, 0.1) is 6.92 Å². The van der Waals surface area contributed by atoms with E-state index in [9.17, 15) is 0 Å². The number of thiocarbonyl (C=S) groups is 1. The number of fused-ring (bicyclic) bond motifs is 1. The van der Waals surface area contributed by atoms with Gasteiger partial charge in [-0.05, 0) is 31.2 Å². The Balaban J connectivity index is 2.14. The fraction of sp³-hybridized carbons (Fsp3) is 0.0625. The van der Waals surface area contributed by atoms with Gasteiger partial charge < -0.3 is 11.1 Å². The van der Waals surface area contributed by atoms with Crippen molar-refractivity contribution >= 4 is 39.6 Å². The molecule has 3 rings (SSSR count). The molecule has 104 valence electrons. The van der Waals surface area contributed by atoms with E-state index in [1.807, 2.05) is 49.4 Å². The van der Waals surface area contributed by atoms with E-state index in [2.05, 4.69) is 15.3 Å². The second-order valence-corrected chi connectivity index (χ2v) is 5.14. The van der Waals surface area contributed by atoms with Crippen LogP contribution in [0.15, 0.2) is 48.7 Å². The summed E-state index contributed by atoms with van der Waals surface area (Å²) in [7, 11) is 0. The second kappa shape index (κ2) is 5.46. The standard InChI is InChI=1S/C16H14N4S/c1-10-13(7-4-8-18-10)19-16-12(15(17)21)9-11-5-2-3-6-14(11)20-16/h2-9H,1H3,(H2,17,21)(H,19,20). The highest BCUT2D eigenvalue weighted by Crippen LogP contribution is 2.24. The minimum atomic E-state index is 0.317. The summed E-state index contributed by atoms with van der Waals surface area (Å²) in [5.41, 5.74) is 9.23. The number of nitrogens with one attached hydrogen (secondary N) is 1. The predicted octanol–water partition coefficient (Wildman–Crippen LogP) is 3.32. The highest BCUT2D eigenvalue weighted by molar-refractivity contribution is 7.80. The summed E-state index contributed by atoms with van der Waals surface area (Å²) in [5.74, 6) is 0.650. The van der Waals surface area contributed by atoms with Gasteiger partial charge in [0.05, 0.1) is 22.5 Å². The largest absolute Gasteiger partial charge is 0.389 e. The monoisotopic (exact) mass is 294 g/mol. The van der Waals surface area contributed by atoms with Gasteiger partial charge in [-0.25, -0.2) is 4.98 Å². The van der Waals surface area contributed by atoms with E-state index < -0.39 is 0 Å². The number of para-hydroxylation sites is 1. The number of pyridine rings is 2. The Morgan fingerprint density at radius 1 is 1.19 bits per heavy atom. The Hall–Kier alpha value is -2.53. The smallest absolute Gasteiger partial charge is 0.141 e. The summed E-state index contributed by atoms with van der Waals surface area (Å²) in [6.07, 6.45) is 1.75. The minimum absolute atomic E-state index is 0.317. The summed E-state index contributed by atoms with van der Waals surface area (Å²) >= 11 is 5.14. The van der Waals surface area contributed by atoms with Crippen LogP contribution < -0.4 is 11.1 Å². The lowest BCUT2D eigenvalue weighted by Gasteiger charge is -2.13. The Kier molecular flexibility index (Phi) is 3.50. The average Bonchev–Trinajstić information content (AvgIpc) is 2.48. The van der Waals surface area contributed by atoms with Gasteiger partial charge in [0.1, 0.15) is 10.8 Å². The van der Waals surface area contributed by atoms with Crippen LogP contribution in [0.5, 0.6) is 0 Å². The van der Waals surface area contributed by atoms with Crippen LogP contribution in [-0.4, -0.2) is 15.0 Å². The first-order valence-electron chi connectivity index (χ1n) is 6.53. The first-order valence-corrected chi connectivity index (χ1v) is 6.94. The van der Waals surface area contributed by atoms with Crippen LogP contribution in [0.4, 0.5) is 11.5 Å². The number of hydrogen-bond acceptors (Lipinski definition) is 4. The molecule has 0 saturated heterocycles. The number of aryl methyl sites for hydroxylation is 1. The zero-order valence-electron chi connectivity index (χ0n) is 11.5. The van der Waals surface area contributed by atoms with E-state index in [4.69, 9.17) is 18.0 Å². The lowest BCUT2D eigenvalue weighted by molar-refractivity contribution is 1.19. The molecule has 2 aromatic heterocycles. The van der Waals surface area contributed by atoms with Crippen molar-refractivity contribution in [3.05, 3.63) is 59.9 Å². The van der Waals surface area contributed by atoms with E-state index in [1.165, 1.54) is 0 Å². The molecule has 0 aliphatic carbocycles. The van der Waals surface area contributed by atoms with Gasteiger partial charge in [-0.15, -0.1) is 0 Å². The molecule has 0 aliphatic heterocycles. The molecule has 3 N–H and O–H groups in total.